The molecule has 1 aromatic heterocycles. The number of hydrogen-bond acceptors (Lipinski definition) is 3. The lowest BCUT2D eigenvalue weighted by atomic mass is 9.82. The highest BCUT2D eigenvalue weighted by Crippen LogP contribution is 2.43. The van der Waals surface area contributed by atoms with Gasteiger partial charge in [-0.05, 0) is 57.7 Å². The number of benzene rings is 2. The molecule has 3 aromatic rings. The van der Waals surface area contributed by atoms with Crippen molar-refractivity contribution < 1.29 is 13.6 Å². The predicted octanol–water partition coefficient (Wildman–Crippen LogP) is 4.73. The Labute approximate surface area is 199 Å². The van der Waals surface area contributed by atoms with Gasteiger partial charge in [0.25, 0.3) is 0 Å². The number of halogens is 2. The van der Waals surface area contributed by atoms with Gasteiger partial charge in [0.05, 0.1) is 5.69 Å². The molecule has 1 aliphatic heterocycles. The molecule has 0 fully saturated rings. The third-order valence-electron chi connectivity index (χ3n) is 7.36. The number of aryl methyl sites for hydroxylation is 3. The molecule has 2 N–H and O–H groups in total. The van der Waals surface area contributed by atoms with Crippen LogP contribution in [0.4, 0.5) is 8.78 Å². The minimum atomic E-state index is -1.05. The van der Waals surface area contributed by atoms with Gasteiger partial charge in [-0.15, -0.1) is 0 Å². The molecule has 1 aliphatic rings. The maximum Gasteiger partial charge on any atom is 0.242 e. The van der Waals surface area contributed by atoms with Crippen LogP contribution in [0.3, 0.4) is 0 Å². The number of nitrogens with zero attached hydrogens (tertiary/aromatic N) is 3. The van der Waals surface area contributed by atoms with Crippen LogP contribution in [0.15, 0.2) is 42.5 Å². The quantitative estimate of drug-likeness (QED) is 0.548. The van der Waals surface area contributed by atoms with Crippen molar-refractivity contribution in [1.82, 2.24) is 14.7 Å². The van der Waals surface area contributed by atoms with Gasteiger partial charge < -0.3 is 5.73 Å². The number of hydrogen-bond donors (Lipinski definition) is 1. The average molecular weight is 467 g/mol. The van der Waals surface area contributed by atoms with Crippen molar-refractivity contribution in [3.8, 4) is 0 Å². The number of carbonyl (C=O) groups is 1. The minimum Gasteiger partial charge on any atom is -0.368 e. The molecule has 34 heavy (non-hydrogen) atoms. The van der Waals surface area contributed by atoms with Gasteiger partial charge in [-0.25, -0.2) is 8.78 Å². The van der Waals surface area contributed by atoms with Crippen molar-refractivity contribution >= 4 is 5.91 Å². The third-order valence-corrected chi connectivity index (χ3v) is 7.36. The number of rotatable bonds is 7. The van der Waals surface area contributed by atoms with Crippen molar-refractivity contribution in [2.75, 3.05) is 6.54 Å². The molecule has 0 aliphatic carbocycles. The first-order valence-electron chi connectivity index (χ1n) is 11.8. The fourth-order valence-corrected chi connectivity index (χ4v) is 5.39. The Morgan fingerprint density at radius 2 is 1.88 bits per heavy atom. The van der Waals surface area contributed by atoms with Crippen molar-refractivity contribution in [3.63, 3.8) is 0 Å². The molecule has 2 atom stereocenters. The standard InChI is InChI=1S/C27H32F2N4O/c1-5-33-23-15-16-32(27(4,26(30)34)20-9-7-6-8-10-20)22(24(23)18(3)31-33)14-12-19-11-13-21(28)17(2)25(19)29/h6-11,13,22H,5,12,14-16H2,1-4H3,(H2,30,34). The van der Waals surface area contributed by atoms with E-state index in [1.807, 2.05) is 48.9 Å². The third kappa shape index (κ3) is 3.92. The van der Waals surface area contributed by atoms with Crippen LogP contribution in [0.1, 0.15) is 60.0 Å². The van der Waals surface area contributed by atoms with E-state index in [1.165, 1.54) is 19.1 Å². The van der Waals surface area contributed by atoms with E-state index in [0.29, 0.717) is 24.9 Å². The molecule has 2 heterocycles. The van der Waals surface area contributed by atoms with Crippen LogP contribution < -0.4 is 5.73 Å². The first kappa shape index (κ1) is 24.1. The second-order valence-corrected chi connectivity index (χ2v) is 9.21. The lowest BCUT2D eigenvalue weighted by Crippen LogP contribution is -2.56. The van der Waals surface area contributed by atoms with Gasteiger partial charge >= 0.3 is 0 Å². The first-order valence-corrected chi connectivity index (χ1v) is 11.8. The summed E-state index contributed by atoms with van der Waals surface area (Å²) in [5.41, 5.74) is 9.44. The highest BCUT2D eigenvalue weighted by Gasteiger charge is 2.46. The van der Waals surface area contributed by atoms with Crippen molar-refractivity contribution in [2.45, 2.75) is 65.1 Å². The topological polar surface area (TPSA) is 64.2 Å². The molecule has 4 rings (SSSR count). The minimum absolute atomic E-state index is 0.0277. The SMILES string of the molecule is CCn1nc(C)c2c1CCN(C(C)(C(N)=O)c1ccccc1)C2CCc1ccc(F)c(C)c1F. The van der Waals surface area contributed by atoms with Crippen molar-refractivity contribution in [2.24, 2.45) is 5.73 Å². The number of carbonyl (C=O) groups excluding carboxylic acids is 1. The largest absolute Gasteiger partial charge is 0.368 e. The first-order chi connectivity index (χ1) is 16.2. The Morgan fingerprint density at radius 3 is 2.53 bits per heavy atom. The summed E-state index contributed by atoms with van der Waals surface area (Å²) in [6.07, 6.45) is 1.68. The summed E-state index contributed by atoms with van der Waals surface area (Å²) in [5.74, 6) is -1.49. The summed E-state index contributed by atoms with van der Waals surface area (Å²) >= 11 is 0. The molecule has 7 heteroatoms. The zero-order chi connectivity index (χ0) is 24.6. The average Bonchev–Trinajstić information content (AvgIpc) is 3.17. The summed E-state index contributed by atoms with van der Waals surface area (Å²) in [4.78, 5) is 15.1. The second kappa shape index (κ2) is 9.29. The molecule has 0 saturated heterocycles. The van der Waals surface area contributed by atoms with Crippen LogP contribution in [0.25, 0.3) is 0 Å². The fourth-order valence-electron chi connectivity index (χ4n) is 5.39. The zero-order valence-electron chi connectivity index (χ0n) is 20.2. The van der Waals surface area contributed by atoms with Crippen LogP contribution in [-0.2, 0) is 29.7 Å². The molecular formula is C27H32F2N4O. The van der Waals surface area contributed by atoms with Gasteiger partial charge in [-0.2, -0.15) is 5.10 Å². The van der Waals surface area contributed by atoms with E-state index in [0.717, 1.165) is 35.5 Å². The molecule has 1 amide bonds. The number of primary amides is 1. The maximum atomic E-state index is 14.8. The van der Waals surface area contributed by atoms with E-state index in [1.54, 1.807) is 0 Å². The van der Waals surface area contributed by atoms with E-state index >= 15 is 0 Å². The Balaban J connectivity index is 1.80. The molecule has 0 bridgehead atoms. The fraction of sp³-hybridized carbons (Fsp3) is 0.407. The Hall–Kier alpha value is -3.06. The van der Waals surface area contributed by atoms with E-state index in [-0.39, 0.29) is 11.6 Å². The lowest BCUT2D eigenvalue weighted by Gasteiger charge is -2.47. The molecule has 0 radical (unpaired) electrons. The molecule has 2 unspecified atom stereocenters. The van der Waals surface area contributed by atoms with Gasteiger partial charge in [-0.1, -0.05) is 36.4 Å². The van der Waals surface area contributed by atoms with Crippen LogP contribution in [0.2, 0.25) is 0 Å². The summed E-state index contributed by atoms with van der Waals surface area (Å²) in [5, 5.41) is 4.74. The number of fused-ring (bicyclic) bond motifs is 1. The highest BCUT2D eigenvalue weighted by atomic mass is 19.1. The Kier molecular flexibility index (Phi) is 6.58. The Morgan fingerprint density at radius 1 is 1.18 bits per heavy atom. The molecule has 0 spiro atoms. The monoisotopic (exact) mass is 466 g/mol. The van der Waals surface area contributed by atoms with E-state index in [2.05, 4.69) is 11.8 Å². The van der Waals surface area contributed by atoms with Gasteiger partial charge in [0.15, 0.2) is 0 Å². The highest BCUT2D eigenvalue weighted by molar-refractivity contribution is 5.86. The van der Waals surface area contributed by atoms with E-state index in [4.69, 9.17) is 10.8 Å². The van der Waals surface area contributed by atoms with Crippen LogP contribution >= 0.6 is 0 Å². The van der Waals surface area contributed by atoms with Crippen molar-refractivity contribution in [3.05, 3.63) is 87.7 Å². The normalized spacial score (nSPS) is 17.9. The molecule has 2 aromatic carbocycles. The number of aromatic nitrogens is 2. The van der Waals surface area contributed by atoms with Crippen molar-refractivity contribution in [1.29, 1.82) is 0 Å². The Bertz CT molecular complexity index is 1210. The second-order valence-electron chi connectivity index (χ2n) is 9.21. The summed E-state index contributed by atoms with van der Waals surface area (Å²) in [6, 6.07) is 12.2. The van der Waals surface area contributed by atoms with Gasteiger partial charge in [0.2, 0.25) is 5.91 Å². The van der Waals surface area contributed by atoms with Gasteiger partial charge in [0, 0.05) is 42.4 Å². The van der Waals surface area contributed by atoms with Crippen LogP contribution in [0, 0.1) is 25.5 Å². The number of amides is 1. The molecule has 180 valence electrons. The summed E-state index contributed by atoms with van der Waals surface area (Å²) in [6.45, 7) is 8.72. The van der Waals surface area contributed by atoms with E-state index < -0.39 is 23.1 Å². The zero-order valence-corrected chi connectivity index (χ0v) is 20.2. The predicted molar refractivity (Wildman–Crippen MR) is 128 cm³/mol. The maximum absolute atomic E-state index is 14.8. The summed E-state index contributed by atoms with van der Waals surface area (Å²) < 4.78 is 30.7. The van der Waals surface area contributed by atoms with Crippen LogP contribution in [0.5, 0.6) is 0 Å². The van der Waals surface area contributed by atoms with Gasteiger partial charge in [-0.3, -0.25) is 14.4 Å². The smallest absolute Gasteiger partial charge is 0.242 e. The number of nitrogens with two attached hydrogens (primary N) is 1. The molecule has 0 saturated carbocycles. The summed E-state index contributed by atoms with van der Waals surface area (Å²) in [7, 11) is 0. The van der Waals surface area contributed by atoms with Crippen LogP contribution in [-0.4, -0.2) is 27.1 Å². The van der Waals surface area contributed by atoms with E-state index in [9.17, 15) is 13.6 Å². The molecule has 5 nitrogen and oxygen atoms in total. The lowest BCUT2D eigenvalue weighted by molar-refractivity contribution is -0.132. The molecular weight excluding hydrogens is 434 g/mol. The van der Waals surface area contributed by atoms with Gasteiger partial charge in [0.1, 0.15) is 17.2 Å².